The third kappa shape index (κ3) is 103. The fraction of sp³-hybridized carbons (Fsp3) is 0.415. The zero-order valence-electron chi connectivity index (χ0n) is 29.9. The van der Waals surface area contributed by atoms with Gasteiger partial charge in [-0.15, -0.1) is 0 Å². The second kappa shape index (κ2) is 109. The first kappa shape index (κ1) is 61.8. The fourth-order valence-electron chi connectivity index (χ4n) is 1.54. The molecule has 0 heterocycles. The Balaban J connectivity index is -0.0000000407. The van der Waals surface area contributed by atoms with E-state index in [1.165, 1.54) is 0 Å². The lowest BCUT2D eigenvalue weighted by molar-refractivity contribution is 1.50. The summed E-state index contributed by atoms with van der Waals surface area (Å²) in [4.78, 5) is 0. The number of hydrogen-bond acceptors (Lipinski definition) is 0. The van der Waals surface area contributed by atoms with Gasteiger partial charge in [0.2, 0.25) is 0 Å². The van der Waals surface area contributed by atoms with Gasteiger partial charge in [0.1, 0.15) is 0 Å². The first-order valence-electron chi connectivity index (χ1n) is 16.0. The third-order valence-electron chi connectivity index (χ3n) is 2.67. The van der Waals surface area contributed by atoms with Crippen LogP contribution in [0.2, 0.25) is 0 Å². The Hall–Kier alpha value is -3.12. The second-order valence-corrected chi connectivity index (χ2v) is 4.62. The normalized spacial score (nSPS) is 5.85. The summed E-state index contributed by atoms with van der Waals surface area (Å²) in [6.07, 6.45) is 0. The summed E-state index contributed by atoms with van der Waals surface area (Å²) in [5.41, 5.74) is 0. The molecule has 0 nitrogen and oxygen atoms in total. The molecule has 4 aromatic rings. The SMILES string of the molecule is C.CC.CC.CC.CC.CC.CC.CC.CC.c1ccccc1.c1ccccc1.c1ccccc1.c1ccccc1. The van der Waals surface area contributed by atoms with Crippen LogP contribution in [0.1, 0.15) is 118 Å². The van der Waals surface area contributed by atoms with Crippen molar-refractivity contribution in [3.63, 3.8) is 0 Å². The topological polar surface area (TPSA) is 0 Å². The van der Waals surface area contributed by atoms with E-state index in [1.54, 1.807) is 0 Å². The highest BCUT2D eigenvalue weighted by Crippen LogP contribution is 1.81. The Labute approximate surface area is 263 Å². The molecule has 0 unspecified atom stereocenters. The molecule has 0 radical (unpaired) electrons. The molecular weight excluding hydrogens is 492 g/mol. The van der Waals surface area contributed by atoms with E-state index in [1.807, 2.05) is 256 Å². The molecule has 0 saturated heterocycles. The van der Waals surface area contributed by atoms with E-state index in [9.17, 15) is 0 Å². The lowest BCUT2D eigenvalue weighted by Crippen LogP contribution is -1.47. The highest BCUT2D eigenvalue weighted by Gasteiger charge is 1.59. The van der Waals surface area contributed by atoms with Gasteiger partial charge in [0.25, 0.3) is 0 Å². The van der Waals surface area contributed by atoms with Crippen LogP contribution in [0.25, 0.3) is 0 Å². The largest absolute Gasteiger partial charge is 0.0776 e. The first-order valence-corrected chi connectivity index (χ1v) is 16.0. The summed E-state index contributed by atoms with van der Waals surface area (Å²) in [5, 5.41) is 0. The predicted octanol–water partition coefficient (Wildman–Crippen LogP) is 15.6. The molecule has 0 amide bonds. The molecular formula is C41H76. The van der Waals surface area contributed by atoms with Gasteiger partial charge in [-0.25, -0.2) is 0 Å². The molecule has 240 valence electrons. The average Bonchev–Trinajstić information content (AvgIpc) is 3.15. The van der Waals surface area contributed by atoms with Crippen molar-refractivity contribution in [3.05, 3.63) is 146 Å². The van der Waals surface area contributed by atoms with Crippen molar-refractivity contribution >= 4 is 0 Å². The minimum Gasteiger partial charge on any atom is -0.0776 e. The van der Waals surface area contributed by atoms with E-state index in [2.05, 4.69) is 0 Å². The monoisotopic (exact) mass is 569 g/mol. The van der Waals surface area contributed by atoms with Gasteiger partial charge in [0.05, 0.1) is 0 Å². The molecule has 0 aliphatic rings. The molecule has 41 heavy (non-hydrogen) atoms. The Morgan fingerprint density at radius 1 is 0.122 bits per heavy atom. The standard InChI is InChI=1S/4C6H6.8C2H6.CH4/c4*1-2-4-6-5-3-1;8*1-2;/h4*1-6H;8*1-2H3;1H4. The summed E-state index contributed by atoms with van der Waals surface area (Å²) < 4.78 is 0. The van der Waals surface area contributed by atoms with Gasteiger partial charge in [-0.2, -0.15) is 0 Å². The van der Waals surface area contributed by atoms with Crippen molar-refractivity contribution in [3.8, 4) is 0 Å². The molecule has 0 fully saturated rings. The van der Waals surface area contributed by atoms with Gasteiger partial charge in [-0.3, -0.25) is 0 Å². The van der Waals surface area contributed by atoms with Crippen molar-refractivity contribution in [2.75, 3.05) is 0 Å². The van der Waals surface area contributed by atoms with Gasteiger partial charge in [-0.05, 0) is 0 Å². The number of rotatable bonds is 0. The zero-order chi connectivity index (χ0) is 33.0. The van der Waals surface area contributed by atoms with Gasteiger partial charge in [0, 0.05) is 0 Å². The molecule has 0 spiro atoms. The molecule has 0 N–H and O–H groups in total. The number of benzene rings is 4. The van der Waals surface area contributed by atoms with Crippen molar-refractivity contribution in [2.24, 2.45) is 0 Å². The van der Waals surface area contributed by atoms with E-state index in [-0.39, 0.29) is 7.43 Å². The van der Waals surface area contributed by atoms with Crippen LogP contribution in [-0.2, 0) is 0 Å². The lowest BCUT2D eigenvalue weighted by atomic mass is 10.4. The number of hydrogen-bond donors (Lipinski definition) is 0. The van der Waals surface area contributed by atoms with Gasteiger partial charge in [-0.1, -0.05) is 264 Å². The first-order chi connectivity index (χ1) is 20.0. The van der Waals surface area contributed by atoms with Crippen LogP contribution in [0.15, 0.2) is 146 Å². The van der Waals surface area contributed by atoms with E-state index in [0.717, 1.165) is 0 Å². The molecule has 0 atom stereocenters. The molecule has 0 saturated carbocycles. The highest BCUT2D eigenvalue weighted by atomic mass is 13.7. The molecule has 0 bridgehead atoms. The van der Waals surface area contributed by atoms with E-state index < -0.39 is 0 Å². The van der Waals surface area contributed by atoms with E-state index >= 15 is 0 Å². The maximum atomic E-state index is 2.00. The molecule has 4 aromatic carbocycles. The molecule has 0 aromatic heterocycles. The van der Waals surface area contributed by atoms with Crippen LogP contribution in [0, 0.1) is 0 Å². The fourth-order valence-corrected chi connectivity index (χ4v) is 1.54. The van der Waals surface area contributed by atoms with Crippen LogP contribution in [0.4, 0.5) is 0 Å². The van der Waals surface area contributed by atoms with Crippen LogP contribution in [0.5, 0.6) is 0 Å². The second-order valence-electron chi connectivity index (χ2n) is 4.62. The van der Waals surface area contributed by atoms with Gasteiger partial charge >= 0.3 is 0 Å². The van der Waals surface area contributed by atoms with Crippen LogP contribution in [-0.4, -0.2) is 0 Å². The summed E-state index contributed by atoms with van der Waals surface area (Å²) in [7, 11) is 0. The summed E-state index contributed by atoms with van der Waals surface area (Å²) in [5.74, 6) is 0. The minimum absolute atomic E-state index is 0. The summed E-state index contributed by atoms with van der Waals surface area (Å²) in [6, 6.07) is 48.0. The zero-order valence-corrected chi connectivity index (χ0v) is 29.9. The Morgan fingerprint density at radius 2 is 0.146 bits per heavy atom. The Kier molecular flexibility index (Phi) is 164. The van der Waals surface area contributed by atoms with Gasteiger partial charge < -0.3 is 0 Å². The molecule has 0 aliphatic heterocycles. The average molecular weight is 569 g/mol. The summed E-state index contributed by atoms with van der Waals surface area (Å²) >= 11 is 0. The highest BCUT2D eigenvalue weighted by molar-refractivity contribution is 5.00. The lowest BCUT2D eigenvalue weighted by Gasteiger charge is -1.69. The quantitative estimate of drug-likeness (QED) is 0.198. The van der Waals surface area contributed by atoms with E-state index in [4.69, 9.17) is 0 Å². The van der Waals surface area contributed by atoms with Crippen LogP contribution in [0.3, 0.4) is 0 Å². The van der Waals surface area contributed by atoms with E-state index in [0.29, 0.717) is 0 Å². The third-order valence-corrected chi connectivity index (χ3v) is 2.67. The van der Waals surface area contributed by atoms with Crippen molar-refractivity contribution in [1.82, 2.24) is 0 Å². The van der Waals surface area contributed by atoms with Crippen molar-refractivity contribution in [2.45, 2.75) is 118 Å². The maximum absolute atomic E-state index is 2.00. The van der Waals surface area contributed by atoms with Crippen LogP contribution >= 0.6 is 0 Å². The smallest absolute Gasteiger partial charge is 0.0623 e. The predicted molar refractivity (Wildman–Crippen MR) is 203 cm³/mol. The van der Waals surface area contributed by atoms with Crippen LogP contribution < -0.4 is 0 Å². The van der Waals surface area contributed by atoms with Crippen molar-refractivity contribution < 1.29 is 0 Å². The van der Waals surface area contributed by atoms with Gasteiger partial charge in [0.15, 0.2) is 0 Å². The van der Waals surface area contributed by atoms with Crippen molar-refractivity contribution in [1.29, 1.82) is 0 Å². The molecule has 0 heteroatoms. The Morgan fingerprint density at radius 3 is 0.171 bits per heavy atom. The summed E-state index contributed by atoms with van der Waals surface area (Å²) in [6.45, 7) is 32.0. The maximum Gasteiger partial charge on any atom is -0.0623 e. The molecule has 0 aliphatic carbocycles. The molecule has 4 rings (SSSR count). The Bertz CT molecular complexity index is 414. The minimum atomic E-state index is 0.